The second-order valence-electron chi connectivity index (χ2n) is 4.63. The molecule has 5 nitrogen and oxygen atoms in total. The number of rotatable bonds is 4. The normalized spacial score (nSPS) is 18.2. The summed E-state index contributed by atoms with van der Waals surface area (Å²) in [6, 6.07) is 3.56. The van der Waals surface area contributed by atoms with Gasteiger partial charge >= 0.3 is 0 Å². The minimum Gasteiger partial charge on any atom is -0.387 e. The molecule has 0 radical (unpaired) electrons. The predicted molar refractivity (Wildman–Crippen MR) is 72.2 cm³/mol. The summed E-state index contributed by atoms with van der Waals surface area (Å²) in [4.78, 5) is 17.7. The number of carbonyl (C=O) groups is 1. The molecule has 0 unspecified atom stereocenters. The Bertz CT molecular complexity index is 429. The van der Waals surface area contributed by atoms with Gasteiger partial charge in [-0.15, -0.1) is 0 Å². The molecular formula is C12H16BrN3O2. The van der Waals surface area contributed by atoms with Gasteiger partial charge in [-0.3, -0.25) is 9.69 Å². The Balaban J connectivity index is 1.78. The molecule has 6 heteroatoms. The van der Waals surface area contributed by atoms with E-state index in [0.717, 1.165) is 10.9 Å². The van der Waals surface area contributed by atoms with Crippen molar-refractivity contribution in [3.8, 4) is 0 Å². The van der Waals surface area contributed by atoms with E-state index in [1.165, 1.54) is 0 Å². The highest BCUT2D eigenvalue weighted by molar-refractivity contribution is 9.10. The molecule has 18 heavy (non-hydrogen) atoms. The Morgan fingerprint density at radius 1 is 1.61 bits per heavy atom. The molecule has 0 spiro atoms. The Hall–Kier alpha value is -0.980. The predicted octanol–water partition coefficient (Wildman–Crippen LogP) is 1.24. The van der Waals surface area contributed by atoms with Crippen LogP contribution in [0.4, 0.5) is 5.82 Å². The van der Waals surface area contributed by atoms with Crippen molar-refractivity contribution in [2.45, 2.75) is 18.9 Å². The lowest BCUT2D eigenvalue weighted by molar-refractivity contribution is -0.128. The standard InChI is InChI=1S/C12H16BrN3O2/c1-2-12(18)7-16(8-12)6-11(17)15-10-4-3-9(13)5-14-10/h3-5,18H,2,6-8H2,1H3,(H,14,15,17). The number of aliphatic hydroxyl groups is 1. The molecule has 0 aliphatic carbocycles. The van der Waals surface area contributed by atoms with E-state index in [2.05, 4.69) is 26.2 Å². The maximum absolute atomic E-state index is 11.7. The van der Waals surface area contributed by atoms with Crippen molar-refractivity contribution in [2.75, 3.05) is 25.0 Å². The zero-order valence-electron chi connectivity index (χ0n) is 10.2. The highest BCUT2D eigenvalue weighted by Gasteiger charge is 2.39. The second-order valence-corrected chi connectivity index (χ2v) is 5.55. The second kappa shape index (κ2) is 5.34. The van der Waals surface area contributed by atoms with Crippen molar-refractivity contribution < 1.29 is 9.90 Å². The highest BCUT2D eigenvalue weighted by Crippen LogP contribution is 2.23. The minimum absolute atomic E-state index is 0.108. The maximum atomic E-state index is 11.7. The molecule has 1 fully saturated rings. The van der Waals surface area contributed by atoms with E-state index in [9.17, 15) is 9.90 Å². The Kier molecular flexibility index (Phi) is 3.99. The molecule has 1 saturated heterocycles. The van der Waals surface area contributed by atoms with Crippen LogP contribution in [0.3, 0.4) is 0 Å². The lowest BCUT2D eigenvalue weighted by Gasteiger charge is -2.45. The van der Waals surface area contributed by atoms with E-state index in [-0.39, 0.29) is 5.91 Å². The maximum Gasteiger partial charge on any atom is 0.239 e. The molecule has 0 saturated carbocycles. The summed E-state index contributed by atoms with van der Waals surface area (Å²) in [5, 5.41) is 12.6. The summed E-state index contributed by atoms with van der Waals surface area (Å²) >= 11 is 3.28. The van der Waals surface area contributed by atoms with E-state index in [1.807, 2.05) is 17.9 Å². The first-order chi connectivity index (χ1) is 8.50. The lowest BCUT2D eigenvalue weighted by atomic mass is 9.91. The fraction of sp³-hybridized carbons (Fsp3) is 0.500. The number of hydrogen-bond donors (Lipinski definition) is 2. The third-order valence-electron chi connectivity index (χ3n) is 3.06. The van der Waals surface area contributed by atoms with Crippen LogP contribution >= 0.6 is 15.9 Å². The van der Waals surface area contributed by atoms with Crippen molar-refractivity contribution >= 4 is 27.7 Å². The summed E-state index contributed by atoms with van der Waals surface area (Å²) < 4.78 is 0.872. The van der Waals surface area contributed by atoms with E-state index in [1.54, 1.807) is 12.3 Å². The first kappa shape index (κ1) is 13.5. The SMILES string of the molecule is CCC1(O)CN(CC(=O)Nc2ccc(Br)cn2)C1. The zero-order valence-corrected chi connectivity index (χ0v) is 11.8. The van der Waals surface area contributed by atoms with Gasteiger partial charge in [-0.05, 0) is 34.5 Å². The van der Waals surface area contributed by atoms with E-state index >= 15 is 0 Å². The Morgan fingerprint density at radius 2 is 2.33 bits per heavy atom. The number of anilines is 1. The van der Waals surface area contributed by atoms with Gasteiger partial charge in [0.05, 0.1) is 12.1 Å². The lowest BCUT2D eigenvalue weighted by Crippen LogP contribution is -2.62. The number of β-amino-alcohol motifs (C(OH)–C–C–N with tert-alkyl or cyclic N) is 1. The number of hydrogen-bond acceptors (Lipinski definition) is 4. The van der Waals surface area contributed by atoms with Crippen LogP contribution in [0.5, 0.6) is 0 Å². The average Bonchev–Trinajstić information content (AvgIpc) is 2.30. The molecule has 0 bridgehead atoms. The fourth-order valence-corrected chi connectivity index (χ4v) is 2.19. The van der Waals surface area contributed by atoms with Crippen LogP contribution in [0, 0.1) is 0 Å². The van der Waals surface area contributed by atoms with Crippen LogP contribution in [-0.4, -0.2) is 46.1 Å². The molecule has 1 aromatic heterocycles. The van der Waals surface area contributed by atoms with Gasteiger partial charge in [-0.2, -0.15) is 0 Å². The monoisotopic (exact) mass is 313 g/mol. The quantitative estimate of drug-likeness (QED) is 0.877. The van der Waals surface area contributed by atoms with Gasteiger partial charge in [0.15, 0.2) is 0 Å². The number of carbonyl (C=O) groups excluding carboxylic acids is 1. The minimum atomic E-state index is -0.601. The molecule has 1 aromatic rings. The van der Waals surface area contributed by atoms with Crippen LogP contribution in [0.15, 0.2) is 22.8 Å². The van der Waals surface area contributed by atoms with Crippen LogP contribution in [-0.2, 0) is 4.79 Å². The van der Waals surface area contributed by atoms with Gasteiger partial charge in [0.1, 0.15) is 5.82 Å². The molecule has 0 atom stereocenters. The summed E-state index contributed by atoms with van der Waals surface area (Å²) in [5.41, 5.74) is -0.601. The van der Waals surface area contributed by atoms with Crippen LogP contribution in [0.1, 0.15) is 13.3 Å². The van der Waals surface area contributed by atoms with Gasteiger partial charge in [-0.25, -0.2) is 4.98 Å². The van der Waals surface area contributed by atoms with E-state index < -0.39 is 5.60 Å². The van der Waals surface area contributed by atoms with Gasteiger partial charge < -0.3 is 10.4 Å². The van der Waals surface area contributed by atoms with Crippen molar-refractivity contribution in [2.24, 2.45) is 0 Å². The highest BCUT2D eigenvalue weighted by atomic mass is 79.9. The summed E-state index contributed by atoms with van der Waals surface area (Å²) in [6.07, 6.45) is 2.36. The fourth-order valence-electron chi connectivity index (χ4n) is 1.96. The largest absolute Gasteiger partial charge is 0.387 e. The van der Waals surface area contributed by atoms with Crippen molar-refractivity contribution in [3.63, 3.8) is 0 Å². The van der Waals surface area contributed by atoms with Gasteiger partial charge in [-0.1, -0.05) is 6.92 Å². The third kappa shape index (κ3) is 3.28. The van der Waals surface area contributed by atoms with Crippen molar-refractivity contribution in [3.05, 3.63) is 22.8 Å². The molecular weight excluding hydrogens is 298 g/mol. The first-order valence-electron chi connectivity index (χ1n) is 5.87. The molecule has 2 heterocycles. The number of halogens is 1. The average molecular weight is 314 g/mol. The van der Waals surface area contributed by atoms with Gasteiger partial charge in [0.2, 0.25) is 5.91 Å². The third-order valence-corrected chi connectivity index (χ3v) is 3.53. The molecule has 98 valence electrons. The molecule has 0 aromatic carbocycles. The number of pyridine rings is 1. The first-order valence-corrected chi connectivity index (χ1v) is 6.66. The van der Waals surface area contributed by atoms with Crippen molar-refractivity contribution in [1.29, 1.82) is 0 Å². The van der Waals surface area contributed by atoms with Gasteiger partial charge in [0, 0.05) is 23.8 Å². The number of nitrogens with one attached hydrogen (secondary N) is 1. The zero-order chi connectivity index (χ0) is 13.2. The number of amides is 1. The smallest absolute Gasteiger partial charge is 0.239 e. The van der Waals surface area contributed by atoms with Crippen LogP contribution < -0.4 is 5.32 Å². The topological polar surface area (TPSA) is 65.5 Å². The number of aromatic nitrogens is 1. The number of nitrogens with zero attached hydrogens (tertiary/aromatic N) is 2. The molecule has 1 aliphatic heterocycles. The summed E-state index contributed by atoms with van der Waals surface area (Å²) in [7, 11) is 0. The molecule has 1 amide bonds. The Morgan fingerprint density at radius 3 is 2.89 bits per heavy atom. The summed E-state index contributed by atoms with van der Waals surface area (Å²) in [6.45, 7) is 3.36. The Labute approximate surface area is 114 Å². The van der Waals surface area contributed by atoms with E-state index in [0.29, 0.717) is 25.5 Å². The van der Waals surface area contributed by atoms with Crippen LogP contribution in [0.25, 0.3) is 0 Å². The van der Waals surface area contributed by atoms with Crippen LogP contribution in [0.2, 0.25) is 0 Å². The van der Waals surface area contributed by atoms with E-state index in [4.69, 9.17) is 0 Å². The molecule has 2 N–H and O–H groups in total. The molecule has 1 aliphatic rings. The van der Waals surface area contributed by atoms with Crippen molar-refractivity contribution in [1.82, 2.24) is 9.88 Å². The summed E-state index contributed by atoms with van der Waals surface area (Å²) in [5.74, 6) is 0.428. The van der Waals surface area contributed by atoms with Gasteiger partial charge in [0.25, 0.3) is 0 Å². The molecule has 2 rings (SSSR count). The number of likely N-dealkylation sites (tertiary alicyclic amines) is 1.